The number of rotatable bonds is 3. The summed E-state index contributed by atoms with van der Waals surface area (Å²) in [5, 5.41) is 3.80. The molecule has 0 atom stereocenters. The Kier molecular flexibility index (Phi) is 3.40. The maximum Gasteiger partial charge on any atom is 0.258 e. The van der Waals surface area contributed by atoms with Gasteiger partial charge in [-0.15, -0.1) is 11.3 Å². The molecule has 0 fully saturated rings. The number of para-hydroxylation sites is 1. The van der Waals surface area contributed by atoms with Crippen molar-refractivity contribution in [1.29, 1.82) is 0 Å². The number of amides is 1. The lowest BCUT2D eigenvalue weighted by atomic mass is 10.2. The second kappa shape index (κ2) is 5.70. The highest BCUT2D eigenvalue weighted by Gasteiger charge is 2.09. The molecule has 2 aromatic heterocycles. The first-order valence-electron chi connectivity index (χ1n) is 7.09. The van der Waals surface area contributed by atoms with Crippen LogP contribution in [0.4, 0.5) is 5.69 Å². The average molecular weight is 320 g/mol. The maximum atomic E-state index is 12.0. The SMILES string of the molecule is O=C(Nc1ccc(-c2nc3ccccc3s2)cc1)c1ccoc1. The Morgan fingerprint density at radius 3 is 2.61 bits per heavy atom. The Balaban J connectivity index is 1.57. The Hall–Kier alpha value is -2.92. The Morgan fingerprint density at radius 2 is 1.87 bits per heavy atom. The molecule has 2 aromatic carbocycles. The van der Waals surface area contributed by atoms with Crippen LogP contribution >= 0.6 is 11.3 Å². The van der Waals surface area contributed by atoms with E-state index in [1.165, 1.54) is 17.2 Å². The summed E-state index contributed by atoms with van der Waals surface area (Å²) in [5.41, 5.74) is 3.28. The van der Waals surface area contributed by atoms with Gasteiger partial charge in [0.1, 0.15) is 11.3 Å². The molecular formula is C18H12N2O2S. The summed E-state index contributed by atoms with van der Waals surface area (Å²) >= 11 is 1.66. The molecule has 0 bridgehead atoms. The highest BCUT2D eigenvalue weighted by atomic mass is 32.1. The van der Waals surface area contributed by atoms with Crippen molar-refractivity contribution in [3.8, 4) is 10.6 Å². The topological polar surface area (TPSA) is 55.1 Å². The molecule has 2 heterocycles. The maximum absolute atomic E-state index is 12.0. The predicted octanol–water partition coefficient (Wildman–Crippen LogP) is 4.81. The predicted molar refractivity (Wildman–Crippen MR) is 91.7 cm³/mol. The fraction of sp³-hybridized carbons (Fsp3) is 0. The van der Waals surface area contributed by atoms with Crippen LogP contribution in [0.2, 0.25) is 0 Å². The van der Waals surface area contributed by atoms with Crippen molar-refractivity contribution < 1.29 is 9.21 Å². The van der Waals surface area contributed by atoms with Crippen molar-refractivity contribution >= 4 is 33.1 Å². The van der Waals surface area contributed by atoms with Crippen molar-refractivity contribution in [3.05, 3.63) is 72.7 Å². The number of aromatic nitrogens is 1. The molecule has 0 saturated carbocycles. The Morgan fingerprint density at radius 1 is 1.04 bits per heavy atom. The third kappa shape index (κ3) is 2.74. The molecule has 4 rings (SSSR count). The number of nitrogens with zero attached hydrogens (tertiary/aromatic N) is 1. The number of thiazole rings is 1. The lowest BCUT2D eigenvalue weighted by molar-refractivity contribution is 0.102. The van der Waals surface area contributed by atoms with Crippen molar-refractivity contribution in [2.75, 3.05) is 5.32 Å². The first-order valence-corrected chi connectivity index (χ1v) is 7.91. The number of carbonyl (C=O) groups is 1. The second-order valence-corrected chi connectivity index (χ2v) is 6.06. The highest BCUT2D eigenvalue weighted by Crippen LogP contribution is 2.30. The van der Waals surface area contributed by atoms with Crippen LogP contribution in [-0.2, 0) is 0 Å². The van der Waals surface area contributed by atoms with Crippen LogP contribution in [0, 0.1) is 0 Å². The van der Waals surface area contributed by atoms with Crippen molar-refractivity contribution in [2.24, 2.45) is 0 Å². The highest BCUT2D eigenvalue weighted by molar-refractivity contribution is 7.21. The molecule has 1 N–H and O–H groups in total. The van der Waals surface area contributed by atoms with Gasteiger partial charge in [-0.3, -0.25) is 4.79 Å². The third-order valence-electron chi connectivity index (χ3n) is 3.47. The van der Waals surface area contributed by atoms with Gasteiger partial charge in [-0.25, -0.2) is 4.98 Å². The molecule has 1 amide bonds. The summed E-state index contributed by atoms with van der Waals surface area (Å²) in [6.07, 6.45) is 2.90. The molecule has 4 aromatic rings. The number of hydrogen-bond acceptors (Lipinski definition) is 4. The van der Waals surface area contributed by atoms with E-state index >= 15 is 0 Å². The van der Waals surface area contributed by atoms with Crippen molar-refractivity contribution in [2.45, 2.75) is 0 Å². The molecule has 0 unspecified atom stereocenters. The summed E-state index contributed by atoms with van der Waals surface area (Å²) in [5.74, 6) is -0.188. The Bertz CT molecular complexity index is 923. The van der Waals surface area contributed by atoms with E-state index in [0.29, 0.717) is 5.56 Å². The van der Waals surface area contributed by atoms with Crippen LogP contribution in [-0.4, -0.2) is 10.9 Å². The van der Waals surface area contributed by atoms with Gasteiger partial charge in [0.2, 0.25) is 0 Å². The van der Waals surface area contributed by atoms with Gasteiger partial charge in [0.15, 0.2) is 0 Å². The zero-order chi connectivity index (χ0) is 15.6. The van der Waals surface area contributed by atoms with Crippen LogP contribution in [0.15, 0.2) is 71.5 Å². The van der Waals surface area contributed by atoms with Gasteiger partial charge >= 0.3 is 0 Å². The zero-order valence-electron chi connectivity index (χ0n) is 12.0. The first-order chi connectivity index (χ1) is 11.3. The second-order valence-electron chi connectivity index (χ2n) is 5.03. The number of benzene rings is 2. The van der Waals surface area contributed by atoms with Gasteiger partial charge in [-0.2, -0.15) is 0 Å². The van der Waals surface area contributed by atoms with Gasteiger partial charge in [0, 0.05) is 11.3 Å². The number of anilines is 1. The summed E-state index contributed by atoms with van der Waals surface area (Å²) in [7, 11) is 0. The molecule has 0 saturated heterocycles. The van der Waals surface area contributed by atoms with Crippen LogP contribution in [0.5, 0.6) is 0 Å². The Labute approximate surface area is 136 Å². The van der Waals surface area contributed by atoms with E-state index in [0.717, 1.165) is 21.8 Å². The van der Waals surface area contributed by atoms with E-state index in [2.05, 4.69) is 16.4 Å². The molecule has 5 heteroatoms. The molecule has 0 aliphatic carbocycles. The molecule has 112 valence electrons. The number of fused-ring (bicyclic) bond motifs is 1. The van der Waals surface area contributed by atoms with Gasteiger partial charge < -0.3 is 9.73 Å². The van der Waals surface area contributed by atoms with Crippen LogP contribution in [0.1, 0.15) is 10.4 Å². The lowest BCUT2D eigenvalue weighted by Crippen LogP contribution is -2.10. The fourth-order valence-corrected chi connectivity index (χ4v) is 3.26. The summed E-state index contributed by atoms with van der Waals surface area (Å²) in [6.45, 7) is 0. The van der Waals surface area contributed by atoms with Crippen molar-refractivity contribution in [1.82, 2.24) is 4.98 Å². The lowest BCUT2D eigenvalue weighted by Gasteiger charge is -2.04. The minimum Gasteiger partial charge on any atom is -0.472 e. The largest absolute Gasteiger partial charge is 0.472 e. The smallest absolute Gasteiger partial charge is 0.258 e. The molecule has 4 nitrogen and oxygen atoms in total. The number of carbonyl (C=O) groups excluding carboxylic acids is 1. The molecular weight excluding hydrogens is 308 g/mol. The van der Waals surface area contributed by atoms with Gasteiger partial charge in [0.05, 0.1) is 22.0 Å². The van der Waals surface area contributed by atoms with E-state index in [9.17, 15) is 4.79 Å². The monoisotopic (exact) mass is 320 g/mol. The molecule has 23 heavy (non-hydrogen) atoms. The number of nitrogens with one attached hydrogen (secondary N) is 1. The van der Waals surface area contributed by atoms with Gasteiger partial charge in [-0.05, 0) is 42.5 Å². The van der Waals surface area contributed by atoms with E-state index in [-0.39, 0.29) is 5.91 Å². The quantitative estimate of drug-likeness (QED) is 0.589. The summed E-state index contributed by atoms with van der Waals surface area (Å²) in [6, 6.07) is 17.4. The standard InChI is InChI=1S/C18H12N2O2S/c21-17(13-9-10-22-11-13)19-14-7-5-12(6-8-14)18-20-15-3-1-2-4-16(15)23-18/h1-11H,(H,19,21). The molecule has 0 aliphatic heterocycles. The van der Waals surface area contributed by atoms with Crippen LogP contribution < -0.4 is 5.32 Å². The van der Waals surface area contributed by atoms with Crippen LogP contribution in [0.25, 0.3) is 20.8 Å². The summed E-state index contributed by atoms with van der Waals surface area (Å²) in [4.78, 5) is 16.6. The first kappa shape index (κ1) is 13.7. The van der Waals surface area contributed by atoms with E-state index in [1.54, 1.807) is 17.4 Å². The number of furan rings is 1. The third-order valence-corrected chi connectivity index (χ3v) is 4.55. The van der Waals surface area contributed by atoms with E-state index in [1.807, 2.05) is 42.5 Å². The minimum absolute atomic E-state index is 0.188. The average Bonchev–Trinajstić information content (AvgIpc) is 3.25. The minimum atomic E-state index is -0.188. The van der Waals surface area contributed by atoms with E-state index < -0.39 is 0 Å². The molecule has 0 spiro atoms. The van der Waals surface area contributed by atoms with Crippen molar-refractivity contribution in [3.63, 3.8) is 0 Å². The van der Waals surface area contributed by atoms with E-state index in [4.69, 9.17) is 4.42 Å². The van der Waals surface area contributed by atoms with Gasteiger partial charge in [0.25, 0.3) is 5.91 Å². The molecule has 0 radical (unpaired) electrons. The van der Waals surface area contributed by atoms with Gasteiger partial charge in [-0.1, -0.05) is 12.1 Å². The zero-order valence-corrected chi connectivity index (χ0v) is 12.8. The fourth-order valence-electron chi connectivity index (χ4n) is 2.29. The number of hydrogen-bond donors (Lipinski definition) is 1. The normalized spacial score (nSPS) is 10.8. The summed E-state index contributed by atoms with van der Waals surface area (Å²) < 4.78 is 6.08. The molecule has 0 aliphatic rings. The van der Waals surface area contributed by atoms with Crippen LogP contribution in [0.3, 0.4) is 0 Å².